The van der Waals surface area contributed by atoms with E-state index in [4.69, 9.17) is 21.4 Å². The Hall–Kier alpha value is -1.66. The first-order valence-corrected chi connectivity index (χ1v) is 5.80. The van der Waals surface area contributed by atoms with Crippen molar-refractivity contribution in [2.45, 2.75) is 12.5 Å². The molecule has 0 bridgehead atoms. The van der Waals surface area contributed by atoms with Crippen LogP contribution in [0, 0.1) is 5.82 Å². The molecule has 0 heterocycles. The normalized spacial score (nSPS) is 11.9. The highest BCUT2D eigenvalue weighted by atomic mass is 35.5. The highest BCUT2D eigenvalue weighted by Gasteiger charge is 2.17. The van der Waals surface area contributed by atoms with Gasteiger partial charge in [-0.1, -0.05) is 17.7 Å². The van der Waals surface area contributed by atoms with Crippen LogP contribution in [0.5, 0.6) is 0 Å². The van der Waals surface area contributed by atoms with Gasteiger partial charge in [0.25, 0.3) is 5.91 Å². The van der Waals surface area contributed by atoms with Crippen LogP contribution in [0.1, 0.15) is 16.8 Å². The lowest BCUT2D eigenvalue weighted by Crippen LogP contribution is -2.34. The van der Waals surface area contributed by atoms with Crippen molar-refractivity contribution in [2.24, 2.45) is 0 Å². The number of hydrogen-bond acceptors (Lipinski definition) is 3. The molecule has 1 amide bonds. The summed E-state index contributed by atoms with van der Waals surface area (Å²) >= 11 is 5.66. The van der Waals surface area contributed by atoms with Crippen LogP contribution in [-0.4, -0.2) is 36.7 Å². The molecule has 1 aromatic carbocycles. The van der Waals surface area contributed by atoms with Gasteiger partial charge < -0.3 is 15.2 Å². The number of rotatable bonds is 6. The van der Waals surface area contributed by atoms with E-state index in [1.54, 1.807) is 0 Å². The van der Waals surface area contributed by atoms with Crippen LogP contribution >= 0.6 is 11.6 Å². The second-order valence-corrected chi connectivity index (χ2v) is 4.14. The van der Waals surface area contributed by atoms with Crippen LogP contribution in [0.25, 0.3) is 0 Å². The standard InChI is InChI=1S/C12H13ClFNO4/c1-19-7(5-10(16)17)6-15-12(18)8-3-2-4-9(14)11(8)13/h2-4,7H,5-6H2,1H3,(H,15,18)(H,16,17). The quantitative estimate of drug-likeness (QED) is 0.836. The summed E-state index contributed by atoms with van der Waals surface area (Å²) in [5, 5.41) is 10.8. The Labute approximate surface area is 114 Å². The topological polar surface area (TPSA) is 75.6 Å². The average molecular weight is 290 g/mol. The van der Waals surface area contributed by atoms with Crippen LogP contribution in [0.4, 0.5) is 4.39 Å². The van der Waals surface area contributed by atoms with E-state index < -0.39 is 23.8 Å². The highest BCUT2D eigenvalue weighted by molar-refractivity contribution is 6.34. The monoisotopic (exact) mass is 289 g/mol. The molecule has 0 aliphatic carbocycles. The molecule has 0 saturated heterocycles. The maximum atomic E-state index is 13.2. The van der Waals surface area contributed by atoms with Crippen molar-refractivity contribution >= 4 is 23.5 Å². The van der Waals surface area contributed by atoms with E-state index in [0.29, 0.717) is 0 Å². The summed E-state index contributed by atoms with van der Waals surface area (Å²) in [6.07, 6.45) is -0.901. The Bertz CT molecular complexity index is 481. The van der Waals surface area contributed by atoms with E-state index in [0.717, 1.165) is 6.07 Å². The molecule has 1 atom stereocenters. The molecule has 0 aromatic heterocycles. The van der Waals surface area contributed by atoms with Crippen molar-refractivity contribution in [1.29, 1.82) is 0 Å². The summed E-state index contributed by atoms with van der Waals surface area (Å²) < 4.78 is 18.1. The maximum Gasteiger partial charge on any atom is 0.306 e. The average Bonchev–Trinajstić information content (AvgIpc) is 2.37. The number of benzene rings is 1. The van der Waals surface area contributed by atoms with Gasteiger partial charge in [-0.05, 0) is 12.1 Å². The number of carbonyl (C=O) groups is 2. The van der Waals surface area contributed by atoms with E-state index in [-0.39, 0.29) is 23.6 Å². The first-order chi connectivity index (χ1) is 8.95. The fourth-order valence-corrected chi connectivity index (χ4v) is 1.63. The highest BCUT2D eigenvalue weighted by Crippen LogP contribution is 2.19. The van der Waals surface area contributed by atoms with Crippen molar-refractivity contribution in [2.75, 3.05) is 13.7 Å². The molecule has 1 rings (SSSR count). The second-order valence-electron chi connectivity index (χ2n) is 3.77. The summed E-state index contributed by atoms with van der Waals surface area (Å²) in [5.41, 5.74) is -0.00755. The van der Waals surface area contributed by atoms with Gasteiger partial charge >= 0.3 is 5.97 Å². The van der Waals surface area contributed by atoms with Crippen molar-refractivity contribution in [3.05, 3.63) is 34.6 Å². The van der Waals surface area contributed by atoms with Crippen LogP contribution < -0.4 is 5.32 Å². The summed E-state index contributed by atoms with van der Waals surface area (Å²) in [4.78, 5) is 22.3. The number of methoxy groups -OCH3 is 1. The summed E-state index contributed by atoms with van der Waals surface area (Å²) in [5.74, 6) is -2.31. The van der Waals surface area contributed by atoms with Gasteiger partial charge in [0.1, 0.15) is 5.82 Å². The molecular formula is C12H13ClFNO4. The maximum absolute atomic E-state index is 13.2. The van der Waals surface area contributed by atoms with Gasteiger partial charge in [-0.3, -0.25) is 9.59 Å². The lowest BCUT2D eigenvalue weighted by Gasteiger charge is -2.14. The van der Waals surface area contributed by atoms with Crippen molar-refractivity contribution in [1.82, 2.24) is 5.32 Å². The number of ether oxygens (including phenoxy) is 1. The van der Waals surface area contributed by atoms with Gasteiger partial charge in [-0.2, -0.15) is 0 Å². The SMILES string of the molecule is COC(CNC(=O)c1cccc(F)c1Cl)CC(=O)O. The molecule has 0 aliphatic rings. The first kappa shape index (κ1) is 15.4. The second kappa shape index (κ2) is 7.06. The molecule has 0 radical (unpaired) electrons. The Balaban J connectivity index is 2.64. The van der Waals surface area contributed by atoms with Gasteiger partial charge in [-0.15, -0.1) is 0 Å². The van der Waals surface area contributed by atoms with E-state index in [1.165, 1.54) is 19.2 Å². The molecule has 19 heavy (non-hydrogen) atoms. The number of hydrogen-bond donors (Lipinski definition) is 2. The van der Waals surface area contributed by atoms with Crippen molar-refractivity contribution in [3.8, 4) is 0 Å². The lowest BCUT2D eigenvalue weighted by molar-refractivity contribution is -0.139. The summed E-state index contributed by atoms with van der Waals surface area (Å²) in [6, 6.07) is 3.88. The fraction of sp³-hybridized carbons (Fsp3) is 0.333. The van der Waals surface area contributed by atoms with Crippen molar-refractivity contribution < 1.29 is 23.8 Å². The molecule has 1 unspecified atom stereocenters. The molecule has 2 N–H and O–H groups in total. The largest absolute Gasteiger partial charge is 0.481 e. The fourth-order valence-electron chi connectivity index (χ4n) is 1.41. The van der Waals surface area contributed by atoms with Crippen LogP contribution in [-0.2, 0) is 9.53 Å². The van der Waals surface area contributed by atoms with Gasteiger partial charge in [0, 0.05) is 13.7 Å². The lowest BCUT2D eigenvalue weighted by atomic mass is 10.2. The number of nitrogens with one attached hydrogen (secondary N) is 1. The zero-order chi connectivity index (χ0) is 14.4. The minimum absolute atomic E-state index is 0.00548. The van der Waals surface area contributed by atoms with Gasteiger partial charge in [0.15, 0.2) is 0 Å². The predicted octanol–water partition coefficient (Wildman–Crippen LogP) is 1.70. The van der Waals surface area contributed by atoms with E-state index in [9.17, 15) is 14.0 Å². The molecule has 104 valence electrons. The zero-order valence-electron chi connectivity index (χ0n) is 10.2. The Morgan fingerprint density at radius 1 is 1.53 bits per heavy atom. The van der Waals surface area contributed by atoms with Crippen LogP contribution in [0.15, 0.2) is 18.2 Å². The molecule has 1 aromatic rings. The zero-order valence-corrected chi connectivity index (χ0v) is 10.9. The molecule has 0 fully saturated rings. The van der Waals surface area contributed by atoms with E-state index >= 15 is 0 Å². The van der Waals surface area contributed by atoms with Crippen molar-refractivity contribution in [3.63, 3.8) is 0 Å². The molecular weight excluding hydrogens is 277 g/mol. The molecule has 0 spiro atoms. The molecule has 0 aliphatic heterocycles. The number of amides is 1. The minimum atomic E-state index is -1.04. The van der Waals surface area contributed by atoms with E-state index in [2.05, 4.69) is 5.32 Å². The van der Waals surface area contributed by atoms with Gasteiger partial charge in [0.05, 0.1) is 23.1 Å². The Kier molecular flexibility index (Phi) is 5.72. The third-order valence-electron chi connectivity index (χ3n) is 2.42. The van der Waals surface area contributed by atoms with Gasteiger partial charge in [-0.25, -0.2) is 4.39 Å². The third kappa shape index (κ3) is 4.50. The minimum Gasteiger partial charge on any atom is -0.481 e. The van der Waals surface area contributed by atoms with Gasteiger partial charge in [0.2, 0.25) is 0 Å². The Morgan fingerprint density at radius 3 is 2.79 bits per heavy atom. The first-order valence-electron chi connectivity index (χ1n) is 5.42. The molecule has 5 nitrogen and oxygen atoms in total. The smallest absolute Gasteiger partial charge is 0.306 e. The Morgan fingerprint density at radius 2 is 2.21 bits per heavy atom. The van der Waals surface area contributed by atoms with Crippen LogP contribution in [0.3, 0.4) is 0 Å². The number of carbonyl (C=O) groups excluding carboxylic acids is 1. The summed E-state index contributed by atoms with van der Waals surface area (Å²) in [6.45, 7) is -0.00548. The number of aliphatic carboxylic acids is 1. The number of carboxylic acid groups (broad SMARTS) is 1. The molecule has 0 saturated carbocycles. The molecule has 7 heteroatoms. The number of halogens is 2. The third-order valence-corrected chi connectivity index (χ3v) is 2.81. The van der Waals surface area contributed by atoms with Crippen LogP contribution in [0.2, 0.25) is 5.02 Å². The predicted molar refractivity (Wildman–Crippen MR) is 66.8 cm³/mol. The summed E-state index contributed by atoms with van der Waals surface area (Å²) in [7, 11) is 1.34. The number of carboxylic acids is 1. The van der Waals surface area contributed by atoms with E-state index in [1.807, 2.05) is 0 Å².